The average Bonchev–Trinajstić information content (AvgIpc) is 3.12. The number of rotatable bonds is 4. The van der Waals surface area contributed by atoms with Crippen molar-refractivity contribution in [3.05, 3.63) is 83.3 Å². The standard InChI is InChI=1S/C21H16FN3O2/c22-17-4-2-1-3-15(17)19(26)16-11-25-21-18(16)14(9-10-24-21)12-5-7-13(8-6-12)20(23)27/h1-10,16H,11H2,(H2,23,27)(H,24,25). The zero-order chi connectivity index (χ0) is 19.0. The number of benzene rings is 2. The third-order valence-corrected chi connectivity index (χ3v) is 4.75. The molecule has 1 atom stereocenters. The monoisotopic (exact) mass is 361 g/mol. The number of ketones is 1. The molecular formula is C21H16FN3O2. The van der Waals surface area contributed by atoms with Crippen LogP contribution in [0, 0.1) is 5.82 Å². The van der Waals surface area contributed by atoms with Gasteiger partial charge in [0.25, 0.3) is 0 Å². The topological polar surface area (TPSA) is 85.1 Å². The maximum Gasteiger partial charge on any atom is 0.248 e. The van der Waals surface area contributed by atoms with E-state index in [0.717, 1.165) is 16.7 Å². The molecule has 0 saturated heterocycles. The smallest absolute Gasteiger partial charge is 0.248 e. The lowest BCUT2D eigenvalue weighted by atomic mass is 9.88. The van der Waals surface area contributed by atoms with Crippen LogP contribution < -0.4 is 11.1 Å². The van der Waals surface area contributed by atoms with Gasteiger partial charge in [0.2, 0.25) is 5.91 Å². The summed E-state index contributed by atoms with van der Waals surface area (Å²) >= 11 is 0. The van der Waals surface area contributed by atoms with Gasteiger partial charge in [-0.1, -0.05) is 24.3 Å². The molecule has 2 aromatic carbocycles. The molecule has 2 heterocycles. The number of pyridine rings is 1. The van der Waals surface area contributed by atoms with Crippen molar-refractivity contribution in [2.45, 2.75) is 5.92 Å². The quantitative estimate of drug-likeness (QED) is 0.698. The van der Waals surface area contributed by atoms with Gasteiger partial charge >= 0.3 is 0 Å². The third-order valence-electron chi connectivity index (χ3n) is 4.75. The lowest BCUT2D eigenvalue weighted by molar-refractivity contribution is 0.0961. The van der Waals surface area contributed by atoms with Crippen molar-refractivity contribution in [3.63, 3.8) is 0 Å². The van der Waals surface area contributed by atoms with Crippen LogP contribution in [0.2, 0.25) is 0 Å². The van der Waals surface area contributed by atoms with Gasteiger partial charge in [-0.25, -0.2) is 9.37 Å². The molecule has 0 spiro atoms. The van der Waals surface area contributed by atoms with Gasteiger partial charge in [0.05, 0.1) is 11.5 Å². The lowest BCUT2D eigenvalue weighted by Crippen LogP contribution is -2.16. The minimum atomic E-state index is -0.545. The molecule has 1 aromatic heterocycles. The summed E-state index contributed by atoms with van der Waals surface area (Å²) in [5.74, 6) is -1.26. The Morgan fingerprint density at radius 1 is 1.07 bits per heavy atom. The van der Waals surface area contributed by atoms with Crippen LogP contribution in [0.1, 0.15) is 32.2 Å². The fourth-order valence-electron chi connectivity index (χ4n) is 3.41. The number of hydrogen-bond acceptors (Lipinski definition) is 4. The number of aromatic nitrogens is 1. The number of nitrogens with zero attached hydrogens (tertiary/aromatic N) is 1. The molecule has 1 aliphatic rings. The SMILES string of the molecule is NC(=O)c1ccc(-c2ccnc3c2C(C(=O)c2ccccc2F)CN3)cc1. The van der Waals surface area contributed by atoms with E-state index in [0.29, 0.717) is 17.9 Å². The van der Waals surface area contributed by atoms with Gasteiger partial charge < -0.3 is 11.1 Å². The molecule has 0 saturated carbocycles. The summed E-state index contributed by atoms with van der Waals surface area (Å²) in [4.78, 5) is 28.6. The van der Waals surface area contributed by atoms with Crippen LogP contribution in [0.25, 0.3) is 11.1 Å². The number of halogens is 1. The van der Waals surface area contributed by atoms with Gasteiger partial charge in [0.15, 0.2) is 5.78 Å². The Hall–Kier alpha value is -3.54. The zero-order valence-corrected chi connectivity index (χ0v) is 14.3. The molecule has 3 aromatic rings. The van der Waals surface area contributed by atoms with E-state index < -0.39 is 17.6 Å². The second-order valence-corrected chi connectivity index (χ2v) is 6.34. The van der Waals surface area contributed by atoms with E-state index in [4.69, 9.17) is 5.73 Å². The fraction of sp³-hybridized carbons (Fsp3) is 0.0952. The van der Waals surface area contributed by atoms with Crippen molar-refractivity contribution in [1.82, 2.24) is 4.98 Å². The van der Waals surface area contributed by atoms with Crippen LogP contribution in [0.15, 0.2) is 60.8 Å². The molecule has 3 N–H and O–H groups in total. The number of amides is 1. The summed E-state index contributed by atoms with van der Waals surface area (Å²) in [6.07, 6.45) is 1.65. The number of fused-ring (bicyclic) bond motifs is 1. The third kappa shape index (κ3) is 2.95. The highest BCUT2D eigenvalue weighted by Crippen LogP contribution is 2.39. The number of carbonyl (C=O) groups excluding carboxylic acids is 2. The molecule has 134 valence electrons. The van der Waals surface area contributed by atoms with E-state index in [-0.39, 0.29) is 11.3 Å². The molecule has 4 rings (SSSR count). The molecule has 6 heteroatoms. The summed E-state index contributed by atoms with van der Waals surface area (Å²) in [6, 6.07) is 14.6. The fourth-order valence-corrected chi connectivity index (χ4v) is 3.41. The maximum atomic E-state index is 14.1. The van der Waals surface area contributed by atoms with E-state index in [2.05, 4.69) is 10.3 Å². The number of nitrogens with one attached hydrogen (secondary N) is 1. The first-order valence-corrected chi connectivity index (χ1v) is 8.48. The van der Waals surface area contributed by atoms with Crippen molar-refractivity contribution in [1.29, 1.82) is 0 Å². The number of anilines is 1. The molecule has 0 fully saturated rings. The Morgan fingerprint density at radius 2 is 1.81 bits per heavy atom. The van der Waals surface area contributed by atoms with Gasteiger partial charge in [-0.2, -0.15) is 0 Å². The van der Waals surface area contributed by atoms with Crippen LogP contribution >= 0.6 is 0 Å². The minimum Gasteiger partial charge on any atom is -0.369 e. The van der Waals surface area contributed by atoms with Crippen molar-refractivity contribution in [2.75, 3.05) is 11.9 Å². The average molecular weight is 361 g/mol. The van der Waals surface area contributed by atoms with Crippen molar-refractivity contribution >= 4 is 17.5 Å². The van der Waals surface area contributed by atoms with Crippen molar-refractivity contribution < 1.29 is 14.0 Å². The molecule has 5 nitrogen and oxygen atoms in total. The highest BCUT2D eigenvalue weighted by molar-refractivity contribution is 6.04. The van der Waals surface area contributed by atoms with Crippen LogP contribution in [-0.4, -0.2) is 23.2 Å². The largest absolute Gasteiger partial charge is 0.369 e. The van der Waals surface area contributed by atoms with Gasteiger partial charge in [0, 0.05) is 23.9 Å². The summed E-state index contributed by atoms with van der Waals surface area (Å²) in [6.45, 7) is 0.353. The predicted octanol–water partition coefficient (Wildman–Crippen LogP) is 3.38. The van der Waals surface area contributed by atoms with Crippen molar-refractivity contribution in [3.8, 4) is 11.1 Å². The van der Waals surface area contributed by atoms with Crippen LogP contribution in [0.3, 0.4) is 0 Å². The van der Waals surface area contributed by atoms with E-state index in [9.17, 15) is 14.0 Å². The van der Waals surface area contributed by atoms with Crippen LogP contribution in [0.4, 0.5) is 10.2 Å². The Labute approximate surface area is 155 Å². The van der Waals surface area contributed by atoms with Gasteiger partial charge in [-0.15, -0.1) is 0 Å². The highest BCUT2D eigenvalue weighted by atomic mass is 19.1. The van der Waals surface area contributed by atoms with Crippen molar-refractivity contribution in [2.24, 2.45) is 5.73 Å². The summed E-state index contributed by atoms with van der Waals surface area (Å²) < 4.78 is 14.1. The van der Waals surface area contributed by atoms with Crippen LogP contribution in [0.5, 0.6) is 0 Å². The first-order valence-electron chi connectivity index (χ1n) is 8.48. The maximum absolute atomic E-state index is 14.1. The van der Waals surface area contributed by atoms with E-state index >= 15 is 0 Å². The molecule has 27 heavy (non-hydrogen) atoms. The van der Waals surface area contributed by atoms with Gasteiger partial charge in [-0.3, -0.25) is 9.59 Å². The molecule has 0 radical (unpaired) electrons. The number of Topliss-reactive ketones (excluding diaryl/α,β-unsaturated/α-hetero) is 1. The second-order valence-electron chi connectivity index (χ2n) is 6.34. The van der Waals surface area contributed by atoms with E-state index in [1.165, 1.54) is 12.1 Å². The Kier molecular flexibility index (Phi) is 4.16. The number of carbonyl (C=O) groups is 2. The molecular weight excluding hydrogens is 345 g/mol. The second kappa shape index (κ2) is 6.64. The molecule has 1 unspecified atom stereocenters. The molecule has 0 bridgehead atoms. The summed E-state index contributed by atoms with van der Waals surface area (Å²) in [5.41, 5.74) is 8.14. The van der Waals surface area contributed by atoms with E-state index in [1.807, 2.05) is 6.07 Å². The molecule has 0 aliphatic carbocycles. The molecule has 1 amide bonds. The summed E-state index contributed by atoms with van der Waals surface area (Å²) in [5, 5.41) is 3.13. The van der Waals surface area contributed by atoms with Gasteiger partial charge in [0.1, 0.15) is 11.6 Å². The van der Waals surface area contributed by atoms with Crippen LogP contribution in [-0.2, 0) is 0 Å². The summed E-state index contributed by atoms with van der Waals surface area (Å²) in [7, 11) is 0. The zero-order valence-electron chi connectivity index (χ0n) is 14.3. The lowest BCUT2D eigenvalue weighted by Gasteiger charge is -2.14. The number of primary amides is 1. The highest BCUT2D eigenvalue weighted by Gasteiger charge is 2.33. The minimum absolute atomic E-state index is 0.0658. The normalized spacial score (nSPS) is 15.1. The van der Waals surface area contributed by atoms with E-state index in [1.54, 1.807) is 42.6 Å². The Balaban J connectivity index is 1.78. The Morgan fingerprint density at radius 3 is 2.52 bits per heavy atom. The first kappa shape index (κ1) is 16.9. The van der Waals surface area contributed by atoms with Gasteiger partial charge in [-0.05, 0) is 41.5 Å². The first-order chi connectivity index (χ1) is 13.1. The number of hydrogen-bond donors (Lipinski definition) is 2. The predicted molar refractivity (Wildman–Crippen MR) is 100 cm³/mol. The molecule has 1 aliphatic heterocycles. The Bertz CT molecular complexity index is 1050. The number of nitrogens with two attached hydrogens (primary N) is 1.